The Morgan fingerprint density at radius 3 is 2.26 bits per heavy atom. The second-order valence-electron chi connectivity index (χ2n) is 6.46. The molecule has 0 fully saturated rings. The average Bonchev–Trinajstić information content (AvgIpc) is 2.98. The Balaban J connectivity index is 2.06. The molecule has 0 radical (unpaired) electrons. The van der Waals surface area contributed by atoms with Crippen LogP contribution in [-0.2, 0) is 10.2 Å². The van der Waals surface area contributed by atoms with Crippen LogP contribution >= 0.6 is 11.8 Å². The lowest BCUT2D eigenvalue weighted by molar-refractivity contribution is -0.122. The summed E-state index contributed by atoms with van der Waals surface area (Å²) in [5.41, 5.74) is 0.0456. The van der Waals surface area contributed by atoms with E-state index in [1.165, 1.54) is 11.8 Å². The Labute approximate surface area is 163 Å². The monoisotopic (exact) mass is 379 g/mol. The molecule has 0 unspecified atom stereocenters. The molecular formula is C20H21N5OS. The number of nitrogens with zero attached hydrogens (tertiary/aromatic N) is 4. The van der Waals surface area contributed by atoms with Gasteiger partial charge >= 0.3 is 0 Å². The minimum absolute atomic E-state index is 0.286. The molecule has 0 aliphatic carbocycles. The normalized spacial score (nSPS) is 15.7. The minimum atomic E-state index is -1.32. The fourth-order valence-electron chi connectivity index (χ4n) is 3.13. The van der Waals surface area contributed by atoms with Gasteiger partial charge in [-0.2, -0.15) is 5.26 Å². The molecule has 0 saturated heterocycles. The van der Waals surface area contributed by atoms with Gasteiger partial charge in [0, 0.05) is 18.1 Å². The van der Waals surface area contributed by atoms with E-state index in [9.17, 15) is 10.1 Å². The molecule has 1 aliphatic heterocycles. The van der Waals surface area contributed by atoms with E-state index in [1.807, 2.05) is 26.2 Å². The number of nitriles is 1. The van der Waals surface area contributed by atoms with Gasteiger partial charge < -0.3 is 10.2 Å². The van der Waals surface area contributed by atoms with Crippen LogP contribution in [0.4, 0.5) is 0 Å². The maximum absolute atomic E-state index is 13.2. The van der Waals surface area contributed by atoms with E-state index in [0.717, 1.165) is 18.7 Å². The van der Waals surface area contributed by atoms with Crippen LogP contribution in [0.15, 0.2) is 59.4 Å². The number of hydrogen-bond acceptors (Lipinski definition) is 6. The Kier molecular flexibility index (Phi) is 5.89. The number of carbonyl (C=O) groups is 1. The van der Waals surface area contributed by atoms with Crippen molar-refractivity contribution < 1.29 is 4.79 Å². The van der Waals surface area contributed by atoms with Gasteiger partial charge in [-0.1, -0.05) is 12.1 Å². The molecule has 0 saturated carbocycles. The number of carbonyl (C=O) groups excluding carboxylic acids is 1. The summed E-state index contributed by atoms with van der Waals surface area (Å²) in [4.78, 5) is 24.1. The van der Waals surface area contributed by atoms with Crippen LogP contribution in [-0.4, -0.2) is 47.2 Å². The van der Waals surface area contributed by atoms with Gasteiger partial charge in [-0.25, -0.2) is 0 Å². The second-order valence-corrected chi connectivity index (χ2v) is 7.56. The van der Waals surface area contributed by atoms with E-state index in [0.29, 0.717) is 22.0 Å². The van der Waals surface area contributed by atoms with Crippen LogP contribution in [0.5, 0.6) is 0 Å². The minimum Gasteiger partial charge on any atom is -0.318 e. The van der Waals surface area contributed by atoms with Crippen molar-refractivity contribution in [1.29, 1.82) is 5.26 Å². The summed E-state index contributed by atoms with van der Waals surface area (Å²) in [6.45, 7) is 0.946. The summed E-state index contributed by atoms with van der Waals surface area (Å²) >= 11 is 1.50. The van der Waals surface area contributed by atoms with Crippen LogP contribution in [0.1, 0.15) is 17.8 Å². The van der Waals surface area contributed by atoms with E-state index < -0.39 is 5.41 Å². The largest absolute Gasteiger partial charge is 0.318 e. The lowest BCUT2D eigenvalue weighted by atomic mass is 9.75. The lowest BCUT2D eigenvalue weighted by Gasteiger charge is -2.25. The van der Waals surface area contributed by atoms with Crippen molar-refractivity contribution in [3.05, 3.63) is 70.8 Å². The van der Waals surface area contributed by atoms with Gasteiger partial charge in [0.05, 0.1) is 28.1 Å². The van der Waals surface area contributed by atoms with Gasteiger partial charge in [-0.3, -0.25) is 14.8 Å². The van der Waals surface area contributed by atoms with E-state index in [-0.39, 0.29) is 5.91 Å². The fourth-order valence-corrected chi connectivity index (χ4v) is 4.12. The standard InChI is InChI=1S/C20H21N5OS/c1-25(2)12-7-13-27-18-15(14-21)20(19(26)24-18,16-8-3-5-10-22-16)17-9-4-6-11-23-17/h3-6,8-11H,7,12-13H2,1-2H3,(H,24,26). The first-order valence-corrected chi connectivity index (χ1v) is 9.66. The van der Waals surface area contributed by atoms with Crippen molar-refractivity contribution in [2.24, 2.45) is 0 Å². The predicted molar refractivity (Wildman–Crippen MR) is 106 cm³/mol. The molecule has 0 aromatic carbocycles. The van der Waals surface area contributed by atoms with Crippen molar-refractivity contribution in [3.63, 3.8) is 0 Å². The Bertz CT molecular complexity index is 835. The fraction of sp³-hybridized carbons (Fsp3) is 0.300. The van der Waals surface area contributed by atoms with Gasteiger partial charge in [0.2, 0.25) is 5.91 Å². The topological polar surface area (TPSA) is 81.9 Å². The molecule has 138 valence electrons. The van der Waals surface area contributed by atoms with Crippen LogP contribution in [0.3, 0.4) is 0 Å². The Morgan fingerprint density at radius 2 is 1.78 bits per heavy atom. The highest BCUT2D eigenvalue weighted by Crippen LogP contribution is 2.44. The first-order valence-electron chi connectivity index (χ1n) is 8.67. The maximum atomic E-state index is 13.2. The summed E-state index contributed by atoms with van der Waals surface area (Å²) in [5, 5.41) is 13.5. The molecule has 0 spiro atoms. The molecule has 7 heteroatoms. The van der Waals surface area contributed by atoms with Crippen molar-refractivity contribution in [1.82, 2.24) is 20.2 Å². The Hall–Kier alpha value is -2.69. The highest BCUT2D eigenvalue weighted by Gasteiger charge is 2.54. The molecular weight excluding hydrogens is 358 g/mol. The van der Waals surface area contributed by atoms with E-state index in [1.54, 1.807) is 36.7 Å². The van der Waals surface area contributed by atoms with Crippen LogP contribution in [0, 0.1) is 11.3 Å². The zero-order chi connectivity index (χ0) is 19.3. The summed E-state index contributed by atoms with van der Waals surface area (Å²) in [6, 6.07) is 13.0. The SMILES string of the molecule is CN(C)CCCSC1=C(C#N)C(c2ccccn2)(c2ccccn2)C(=O)N1. The van der Waals surface area contributed by atoms with Gasteiger partial charge in [-0.05, 0) is 51.3 Å². The molecule has 1 aliphatic rings. The number of rotatable bonds is 7. The summed E-state index contributed by atoms with van der Waals surface area (Å²) in [6.07, 6.45) is 4.21. The molecule has 6 nitrogen and oxygen atoms in total. The van der Waals surface area contributed by atoms with Crippen molar-refractivity contribution in [3.8, 4) is 6.07 Å². The van der Waals surface area contributed by atoms with Gasteiger partial charge in [-0.15, -0.1) is 11.8 Å². The molecule has 0 atom stereocenters. The third-order valence-corrected chi connectivity index (χ3v) is 5.46. The summed E-state index contributed by atoms with van der Waals surface area (Å²) < 4.78 is 0. The molecule has 2 aromatic rings. The zero-order valence-electron chi connectivity index (χ0n) is 15.3. The smallest absolute Gasteiger partial charge is 0.248 e. The van der Waals surface area contributed by atoms with Gasteiger partial charge in [0.15, 0.2) is 5.41 Å². The molecule has 1 amide bonds. The van der Waals surface area contributed by atoms with Crippen molar-refractivity contribution in [2.75, 3.05) is 26.4 Å². The molecule has 1 N–H and O–H groups in total. The van der Waals surface area contributed by atoms with Gasteiger partial charge in [0.1, 0.15) is 0 Å². The average molecular weight is 379 g/mol. The number of hydrogen-bond donors (Lipinski definition) is 1. The zero-order valence-corrected chi connectivity index (χ0v) is 16.2. The predicted octanol–water partition coefficient (Wildman–Crippen LogP) is 2.31. The number of amides is 1. The van der Waals surface area contributed by atoms with E-state index >= 15 is 0 Å². The van der Waals surface area contributed by atoms with Crippen LogP contribution in [0.2, 0.25) is 0 Å². The second kappa shape index (κ2) is 8.33. The van der Waals surface area contributed by atoms with Crippen LogP contribution < -0.4 is 5.32 Å². The molecule has 2 aromatic heterocycles. The van der Waals surface area contributed by atoms with Crippen molar-refractivity contribution in [2.45, 2.75) is 11.8 Å². The highest BCUT2D eigenvalue weighted by molar-refractivity contribution is 8.03. The first-order chi connectivity index (χ1) is 13.1. The number of thioether (sulfide) groups is 1. The van der Waals surface area contributed by atoms with E-state index in [4.69, 9.17) is 0 Å². The molecule has 3 heterocycles. The number of nitrogens with one attached hydrogen (secondary N) is 1. The van der Waals surface area contributed by atoms with Gasteiger partial charge in [0.25, 0.3) is 0 Å². The number of aromatic nitrogens is 2. The Morgan fingerprint density at radius 1 is 1.15 bits per heavy atom. The third kappa shape index (κ3) is 3.59. The molecule has 0 bridgehead atoms. The first kappa shape index (κ1) is 19.1. The highest BCUT2D eigenvalue weighted by atomic mass is 32.2. The third-order valence-electron chi connectivity index (χ3n) is 4.38. The lowest BCUT2D eigenvalue weighted by Crippen LogP contribution is -2.41. The van der Waals surface area contributed by atoms with E-state index in [2.05, 4.69) is 26.3 Å². The molecule has 3 rings (SSSR count). The summed E-state index contributed by atoms with van der Waals surface area (Å²) in [7, 11) is 4.05. The quantitative estimate of drug-likeness (QED) is 0.744. The van der Waals surface area contributed by atoms with Crippen molar-refractivity contribution >= 4 is 17.7 Å². The maximum Gasteiger partial charge on any atom is 0.248 e. The summed E-state index contributed by atoms with van der Waals surface area (Å²) in [5.74, 6) is 0.519. The van der Waals surface area contributed by atoms with Crippen LogP contribution in [0.25, 0.3) is 0 Å². The molecule has 27 heavy (non-hydrogen) atoms. The number of pyridine rings is 2.